The Bertz CT molecular complexity index is 512. The summed E-state index contributed by atoms with van der Waals surface area (Å²) in [5.74, 6) is -0.222. The van der Waals surface area contributed by atoms with Crippen molar-refractivity contribution in [2.75, 3.05) is 0 Å². The highest BCUT2D eigenvalue weighted by Crippen LogP contribution is 2.28. The molecule has 0 radical (unpaired) electrons. The van der Waals surface area contributed by atoms with Crippen LogP contribution in [0.25, 0.3) is 10.6 Å². The predicted octanol–water partition coefficient (Wildman–Crippen LogP) is 4.66. The van der Waals surface area contributed by atoms with Gasteiger partial charge in [0.05, 0.1) is 10.6 Å². The molecule has 96 valence electrons. The molecular weight excluding hydrogens is 254 g/mol. The molecule has 2 aromatic rings. The second kappa shape index (κ2) is 5.52. The molecule has 18 heavy (non-hydrogen) atoms. The summed E-state index contributed by atoms with van der Waals surface area (Å²) in [5, 5.41) is 1.91. The SMILES string of the molecule is CCC(C)c1cc(-c2cccs2)nc(C(F)F)n1. The largest absolute Gasteiger partial charge is 0.297 e. The highest BCUT2D eigenvalue weighted by molar-refractivity contribution is 7.13. The van der Waals surface area contributed by atoms with Crippen LogP contribution in [-0.2, 0) is 0 Å². The molecule has 0 aliphatic heterocycles. The maximum Gasteiger partial charge on any atom is 0.297 e. The summed E-state index contributed by atoms with van der Waals surface area (Å²) in [4.78, 5) is 8.79. The first-order chi connectivity index (χ1) is 8.61. The minimum atomic E-state index is -2.63. The van der Waals surface area contributed by atoms with Gasteiger partial charge in [0.1, 0.15) is 0 Å². The number of halogens is 2. The van der Waals surface area contributed by atoms with Crippen LogP contribution in [0.1, 0.15) is 44.1 Å². The first-order valence-electron chi connectivity index (χ1n) is 5.82. The Morgan fingerprint density at radius 1 is 1.33 bits per heavy atom. The number of thiophene rings is 1. The molecule has 0 saturated heterocycles. The molecule has 0 amide bonds. The Hall–Kier alpha value is -1.36. The Morgan fingerprint density at radius 2 is 2.11 bits per heavy atom. The molecule has 0 saturated carbocycles. The van der Waals surface area contributed by atoms with Crippen molar-refractivity contribution in [3.05, 3.63) is 35.1 Å². The van der Waals surface area contributed by atoms with E-state index in [1.807, 2.05) is 37.4 Å². The molecular formula is C13H14F2N2S. The summed E-state index contributed by atoms with van der Waals surface area (Å²) in [6.07, 6.45) is -1.77. The van der Waals surface area contributed by atoms with Crippen LogP contribution in [0.15, 0.2) is 23.6 Å². The number of aromatic nitrogens is 2. The number of nitrogens with zero attached hydrogens (tertiary/aromatic N) is 2. The van der Waals surface area contributed by atoms with E-state index in [0.29, 0.717) is 11.4 Å². The highest BCUT2D eigenvalue weighted by Gasteiger charge is 2.17. The first kappa shape index (κ1) is 13.1. The molecule has 0 aromatic carbocycles. The Labute approximate surface area is 109 Å². The molecule has 0 bridgehead atoms. The van der Waals surface area contributed by atoms with Gasteiger partial charge in [-0.15, -0.1) is 11.3 Å². The molecule has 1 atom stereocenters. The minimum absolute atomic E-state index is 0.157. The predicted molar refractivity (Wildman–Crippen MR) is 69.0 cm³/mol. The van der Waals surface area contributed by atoms with E-state index < -0.39 is 6.43 Å². The summed E-state index contributed by atoms with van der Waals surface area (Å²) < 4.78 is 25.6. The molecule has 0 spiro atoms. The fraction of sp³-hybridized carbons (Fsp3) is 0.385. The molecule has 2 aromatic heterocycles. The van der Waals surface area contributed by atoms with Gasteiger partial charge in [-0.1, -0.05) is 19.9 Å². The van der Waals surface area contributed by atoms with E-state index >= 15 is 0 Å². The third-order valence-corrected chi connectivity index (χ3v) is 3.74. The van der Waals surface area contributed by atoms with Crippen molar-refractivity contribution >= 4 is 11.3 Å². The zero-order valence-electron chi connectivity index (χ0n) is 10.2. The van der Waals surface area contributed by atoms with Gasteiger partial charge in [-0.05, 0) is 29.9 Å². The van der Waals surface area contributed by atoms with Gasteiger partial charge in [-0.3, -0.25) is 0 Å². The number of rotatable bonds is 4. The van der Waals surface area contributed by atoms with Crippen LogP contribution in [0.5, 0.6) is 0 Å². The summed E-state index contributed by atoms with van der Waals surface area (Å²) in [6.45, 7) is 4.00. The monoisotopic (exact) mass is 268 g/mol. The lowest BCUT2D eigenvalue weighted by atomic mass is 10.0. The quantitative estimate of drug-likeness (QED) is 0.806. The lowest BCUT2D eigenvalue weighted by molar-refractivity contribution is 0.140. The van der Waals surface area contributed by atoms with Gasteiger partial charge in [0.15, 0.2) is 5.82 Å². The summed E-state index contributed by atoms with van der Waals surface area (Å²) in [7, 11) is 0. The fourth-order valence-corrected chi connectivity index (χ4v) is 2.28. The van der Waals surface area contributed by atoms with Crippen LogP contribution in [0.2, 0.25) is 0 Å². The van der Waals surface area contributed by atoms with Gasteiger partial charge >= 0.3 is 0 Å². The normalized spacial score (nSPS) is 12.9. The van der Waals surface area contributed by atoms with Gasteiger partial charge in [-0.25, -0.2) is 18.7 Å². The fourth-order valence-electron chi connectivity index (χ4n) is 1.60. The zero-order chi connectivity index (χ0) is 13.1. The van der Waals surface area contributed by atoms with Crippen LogP contribution in [0, 0.1) is 0 Å². The average molecular weight is 268 g/mol. The number of hydrogen-bond donors (Lipinski definition) is 0. The smallest absolute Gasteiger partial charge is 0.232 e. The van der Waals surface area contributed by atoms with Crippen molar-refractivity contribution in [3.63, 3.8) is 0 Å². The third kappa shape index (κ3) is 2.72. The van der Waals surface area contributed by atoms with E-state index in [4.69, 9.17) is 0 Å². The van der Waals surface area contributed by atoms with Gasteiger partial charge in [-0.2, -0.15) is 0 Å². The molecule has 2 heterocycles. The van der Waals surface area contributed by atoms with E-state index in [1.54, 1.807) is 0 Å². The number of hydrogen-bond acceptors (Lipinski definition) is 3. The van der Waals surface area contributed by atoms with E-state index in [1.165, 1.54) is 11.3 Å². The number of alkyl halides is 2. The molecule has 0 N–H and O–H groups in total. The second-order valence-electron chi connectivity index (χ2n) is 4.12. The van der Waals surface area contributed by atoms with Crippen molar-refractivity contribution in [2.24, 2.45) is 0 Å². The van der Waals surface area contributed by atoms with Crippen molar-refractivity contribution < 1.29 is 8.78 Å². The van der Waals surface area contributed by atoms with Gasteiger partial charge in [0.25, 0.3) is 6.43 Å². The van der Waals surface area contributed by atoms with E-state index in [0.717, 1.165) is 11.3 Å². The van der Waals surface area contributed by atoms with Crippen LogP contribution in [0.3, 0.4) is 0 Å². The minimum Gasteiger partial charge on any atom is -0.232 e. The Morgan fingerprint density at radius 3 is 2.67 bits per heavy atom. The van der Waals surface area contributed by atoms with Crippen LogP contribution in [0.4, 0.5) is 8.78 Å². The maximum atomic E-state index is 12.8. The van der Waals surface area contributed by atoms with Crippen molar-refractivity contribution in [2.45, 2.75) is 32.6 Å². The first-order valence-corrected chi connectivity index (χ1v) is 6.70. The van der Waals surface area contributed by atoms with E-state index in [2.05, 4.69) is 9.97 Å². The maximum absolute atomic E-state index is 12.8. The highest BCUT2D eigenvalue weighted by atomic mass is 32.1. The Kier molecular flexibility index (Phi) is 4.01. The lowest BCUT2D eigenvalue weighted by Crippen LogP contribution is -2.04. The van der Waals surface area contributed by atoms with Crippen LogP contribution >= 0.6 is 11.3 Å². The lowest BCUT2D eigenvalue weighted by Gasteiger charge is -2.11. The molecule has 2 nitrogen and oxygen atoms in total. The zero-order valence-corrected chi connectivity index (χ0v) is 11.0. The summed E-state index contributed by atoms with van der Waals surface area (Å²) >= 11 is 1.49. The average Bonchev–Trinajstić information content (AvgIpc) is 2.91. The standard InChI is InChI=1S/C13H14F2N2S/c1-3-8(2)9-7-10(11-5-4-6-18-11)17-13(16-9)12(14)15/h4-8,12H,3H2,1-2H3. The van der Waals surface area contributed by atoms with E-state index in [9.17, 15) is 8.78 Å². The van der Waals surface area contributed by atoms with Crippen LogP contribution in [-0.4, -0.2) is 9.97 Å². The molecule has 1 unspecified atom stereocenters. The third-order valence-electron chi connectivity index (χ3n) is 2.85. The van der Waals surface area contributed by atoms with Crippen LogP contribution < -0.4 is 0 Å². The van der Waals surface area contributed by atoms with Crippen molar-refractivity contribution in [1.82, 2.24) is 9.97 Å². The molecule has 0 aliphatic carbocycles. The van der Waals surface area contributed by atoms with Crippen molar-refractivity contribution in [3.8, 4) is 10.6 Å². The van der Waals surface area contributed by atoms with Gasteiger partial charge in [0.2, 0.25) is 0 Å². The molecule has 0 aliphatic rings. The summed E-state index contributed by atoms with van der Waals surface area (Å²) in [6, 6.07) is 5.57. The van der Waals surface area contributed by atoms with Gasteiger partial charge in [0, 0.05) is 5.69 Å². The van der Waals surface area contributed by atoms with Gasteiger partial charge < -0.3 is 0 Å². The molecule has 0 fully saturated rings. The Balaban J connectivity index is 2.50. The topological polar surface area (TPSA) is 25.8 Å². The second-order valence-corrected chi connectivity index (χ2v) is 5.07. The van der Waals surface area contributed by atoms with Crippen molar-refractivity contribution in [1.29, 1.82) is 0 Å². The molecule has 5 heteroatoms. The molecule has 2 rings (SSSR count). The summed E-state index contributed by atoms with van der Waals surface area (Å²) in [5.41, 5.74) is 1.27. The van der Waals surface area contributed by atoms with E-state index in [-0.39, 0.29) is 11.7 Å².